The van der Waals surface area contributed by atoms with Gasteiger partial charge in [-0.15, -0.1) is 0 Å². The quantitative estimate of drug-likeness (QED) is 0.550. The third-order valence-electron chi connectivity index (χ3n) is 5.16. The highest BCUT2D eigenvalue weighted by Crippen LogP contribution is 2.33. The first kappa shape index (κ1) is 18.1. The van der Waals surface area contributed by atoms with Gasteiger partial charge in [0.1, 0.15) is 17.0 Å². The number of aromatic amines is 1. The SMILES string of the molecule is Cc1cc(CN2CCN(c3c(Cl)cnc4nc(-c5ccn(C)n5)[nH]c34)CC2)no1. The van der Waals surface area contributed by atoms with Gasteiger partial charge in [-0.05, 0) is 13.0 Å². The second kappa shape index (κ2) is 7.16. The van der Waals surface area contributed by atoms with E-state index in [-0.39, 0.29) is 0 Å². The summed E-state index contributed by atoms with van der Waals surface area (Å²) in [4.78, 5) is 17.0. The third-order valence-corrected chi connectivity index (χ3v) is 5.43. The second-order valence-electron chi connectivity index (χ2n) is 7.31. The molecule has 1 fully saturated rings. The van der Waals surface area contributed by atoms with Crippen LogP contribution in [0.4, 0.5) is 5.69 Å². The Kier molecular flexibility index (Phi) is 4.48. The maximum Gasteiger partial charge on any atom is 0.180 e. The van der Waals surface area contributed by atoms with Gasteiger partial charge in [0.2, 0.25) is 0 Å². The summed E-state index contributed by atoms with van der Waals surface area (Å²) in [5.74, 6) is 1.53. The van der Waals surface area contributed by atoms with E-state index in [0.717, 1.165) is 61.1 Å². The molecule has 29 heavy (non-hydrogen) atoms. The maximum atomic E-state index is 6.56. The molecule has 0 saturated carbocycles. The van der Waals surface area contributed by atoms with Crippen LogP contribution in [0.2, 0.25) is 5.02 Å². The second-order valence-corrected chi connectivity index (χ2v) is 7.71. The summed E-state index contributed by atoms with van der Waals surface area (Å²) in [6.45, 7) is 6.23. The van der Waals surface area contributed by atoms with Crippen LogP contribution in [0.5, 0.6) is 0 Å². The number of nitrogens with zero attached hydrogens (tertiary/aromatic N) is 7. The first-order valence-electron chi connectivity index (χ1n) is 9.50. The molecule has 1 aliphatic rings. The predicted octanol–water partition coefficient (Wildman–Crippen LogP) is 2.63. The summed E-state index contributed by atoms with van der Waals surface area (Å²) in [5.41, 5.74) is 4.18. The Labute approximate surface area is 172 Å². The van der Waals surface area contributed by atoms with Crippen LogP contribution in [0.1, 0.15) is 11.5 Å². The normalized spacial score (nSPS) is 15.5. The van der Waals surface area contributed by atoms with Gasteiger partial charge in [-0.1, -0.05) is 16.8 Å². The summed E-state index contributed by atoms with van der Waals surface area (Å²) in [6, 6.07) is 3.91. The highest BCUT2D eigenvalue weighted by molar-refractivity contribution is 6.34. The Bertz CT molecular complexity index is 1150. The van der Waals surface area contributed by atoms with Gasteiger partial charge in [-0.2, -0.15) is 5.10 Å². The van der Waals surface area contributed by atoms with Gasteiger partial charge in [0.05, 0.1) is 22.6 Å². The standard InChI is InChI=1S/C19H21ClN8O/c1-12-9-13(25-29-12)11-27-5-7-28(8-6-27)17-14(20)10-21-19-16(17)22-18(23-19)15-3-4-26(2)24-15/h3-4,9-10H,5-8,11H2,1-2H3,(H,21,22,23). The number of piperazine rings is 1. The van der Waals surface area contributed by atoms with Crippen molar-refractivity contribution in [2.45, 2.75) is 13.5 Å². The number of fused-ring (bicyclic) bond motifs is 1. The minimum absolute atomic E-state index is 0.620. The number of hydrogen-bond acceptors (Lipinski definition) is 7. The smallest absolute Gasteiger partial charge is 0.180 e. The van der Waals surface area contributed by atoms with E-state index in [2.05, 4.69) is 35.0 Å². The predicted molar refractivity (Wildman–Crippen MR) is 110 cm³/mol. The van der Waals surface area contributed by atoms with Gasteiger partial charge in [0, 0.05) is 52.0 Å². The Morgan fingerprint density at radius 1 is 1.24 bits per heavy atom. The summed E-state index contributed by atoms with van der Waals surface area (Å²) in [7, 11) is 1.88. The lowest BCUT2D eigenvalue weighted by Gasteiger charge is -2.36. The fraction of sp³-hybridized carbons (Fsp3) is 0.368. The zero-order valence-corrected chi connectivity index (χ0v) is 17.0. The van der Waals surface area contributed by atoms with E-state index >= 15 is 0 Å². The van der Waals surface area contributed by atoms with Gasteiger partial charge in [-0.25, -0.2) is 9.97 Å². The Morgan fingerprint density at radius 2 is 2.07 bits per heavy atom. The minimum Gasteiger partial charge on any atom is -0.366 e. The number of aryl methyl sites for hydroxylation is 2. The van der Waals surface area contributed by atoms with Gasteiger partial charge >= 0.3 is 0 Å². The largest absolute Gasteiger partial charge is 0.366 e. The molecule has 1 N–H and O–H groups in total. The van der Waals surface area contributed by atoms with Crippen LogP contribution in [-0.2, 0) is 13.6 Å². The first-order valence-corrected chi connectivity index (χ1v) is 9.88. The monoisotopic (exact) mass is 412 g/mol. The van der Waals surface area contributed by atoms with Gasteiger partial charge in [0.15, 0.2) is 11.5 Å². The number of hydrogen-bond donors (Lipinski definition) is 1. The molecule has 0 amide bonds. The molecule has 0 spiro atoms. The number of rotatable bonds is 4. The number of nitrogens with one attached hydrogen (secondary N) is 1. The molecule has 5 heterocycles. The van der Waals surface area contributed by atoms with Crippen molar-refractivity contribution >= 4 is 28.5 Å². The van der Waals surface area contributed by atoms with Crippen molar-refractivity contribution < 1.29 is 4.52 Å². The third kappa shape index (κ3) is 3.47. The number of imidazole rings is 1. The van der Waals surface area contributed by atoms with Crippen LogP contribution in [0.25, 0.3) is 22.7 Å². The molecule has 1 saturated heterocycles. The molecule has 0 radical (unpaired) electrons. The first-order chi connectivity index (χ1) is 14.1. The topological polar surface area (TPSA) is 91.9 Å². The Morgan fingerprint density at radius 3 is 2.76 bits per heavy atom. The van der Waals surface area contributed by atoms with E-state index in [0.29, 0.717) is 16.5 Å². The number of anilines is 1. The molecule has 4 aromatic rings. The summed E-state index contributed by atoms with van der Waals surface area (Å²) < 4.78 is 6.92. The molecular formula is C19H21ClN8O. The molecule has 10 heteroatoms. The lowest BCUT2D eigenvalue weighted by Crippen LogP contribution is -2.46. The highest BCUT2D eigenvalue weighted by atomic mass is 35.5. The van der Waals surface area contributed by atoms with Crippen molar-refractivity contribution in [3.8, 4) is 11.5 Å². The number of H-pyrrole nitrogens is 1. The lowest BCUT2D eigenvalue weighted by atomic mass is 10.2. The highest BCUT2D eigenvalue weighted by Gasteiger charge is 2.24. The average molecular weight is 413 g/mol. The van der Waals surface area contributed by atoms with Crippen molar-refractivity contribution in [2.24, 2.45) is 7.05 Å². The van der Waals surface area contributed by atoms with Crippen molar-refractivity contribution in [1.82, 2.24) is 34.8 Å². The van der Waals surface area contributed by atoms with E-state index in [1.807, 2.05) is 32.3 Å². The van der Waals surface area contributed by atoms with Crippen LogP contribution < -0.4 is 4.90 Å². The molecule has 0 aromatic carbocycles. The summed E-state index contributed by atoms with van der Waals surface area (Å²) in [6.07, 6.45) is 3.56. The zero-order valence-electron chi connectivity index (χ0n) is 16.3. The molecule has 9 nitrogen and oxygen atoms in total. The van der Waals surface area contributed by atoms with Gasteiger partial charge < -0.3 is 14.4 Å². The lowest BCUT2D eigenvalue weighted by molar-refractivity contribution is 0.242. The molecule has 4 aromatic heterocycles. The molecule has 0 unspecified atom stereocenters. The number of aromatic nitrogens is 6. The molecule has 0 atom stereocenters. The average Bonchev–Trinajstić information content (AvgIpc) is 3.42. The van der Waals surface area contributed by atoms with Crippen LogP contribution >= 0.6 is 11.6 Å². The van der Waals surface area contributed by atoms with Gasteiger partial charge in [-0.3, -0.25) is 9.58 Å². The van der Waals surface area contributed by atoms with Crippen LogP contribution in [-0.4, -0.2) is 61.0 Å². The van der Waals surface area contributed by atoms with Crippen LogP contribution in [0.3, 0.4) is 0 Å². The molecule has 5 rings (SSSR count). The maximum absolute atomic E-state index is 6.56. The van der Waals surface area contributed by atoms with Crippen molar-refractivity contribution in [3.63, 3.8) is 0 Å². The van der Waals surface area contributed by atoms with E-state index in [1.165, 1.54) is 0 Å². The summed E-state index contributed by atoms with van der Waals surface area (Å²) in [5, 5.41) is 9.14. The Balaban J connectivity index is 1.38. The van der Waals surface area contributed by atoms with E-state index < -0.39 is 0 Å². The fourth-order valence-corrected chi connectivity index (χ4v) is 4.01. The Hall–Kier alpha value is -2.91. The van der Waals surface area contributed by atoms with Crippen LogP contribution in [0, 0.1) is 6.92 Å². The number of halogens is 1. The van der Waals surface area contributed by atoms with E-state index in [4.69, 9.17) is 16.1 Å². The molecular weight excluding hydrogens is 392 g/mol. The fourth-order valence-electron chi connectivity index (χ4n) is 3.74. The van der Waals surface area contributed by atoms with Gasteiger partial charge in [0.25, 0.3) is 0 Å². The van der Waals surface area contributed by atoms with Crippen molar-refractivity contribution in [2.75, 3.05) is 31.1 Å². The zero-order chi connectivity index (χ0) is 20.0. The molecule has 150 valence electrons. The molecule has 1 aliphatic heterocycles. The number of pyridine rings is 1. The van der Waals surface area contributed by atoms with Crippen molar-refractivity contribution in [3.05, 3.63) is 41.0 Å². The van der Waals surface area contributed by atoms with Crippen molar-refractivity contribution in [1.29, 1.82) is 0 Å². The van der Waals surface area contributed by atoms with Crippen LogP contribution in [0.15, 0.2) is 29.0 Å². The molecule has 0 bridgehead atoms. The minimum atomic E-state index is 0.620. The van der Waals surface area contributed by atoms with E-state index in [9.17, 15) is 0 Å². The molecule has 0 aliphatic carbocycles. The summed E-state index contributed by atoms with van der Waals surface area (Å²) >= 11 is 6.56. The van der Waals surface area contributed by atoms with E-state index in [1.54, 1.807) is 10.9 Å².